The zero-order valence-electron chi connectivity index (χ0n) is 10.6. The molecular weight excluding hydrogens is 283 g/mol. The first-order chi connectivity index (χ1) is 9.08. The van der Waals surface area contributed by atoms with Crippen LogP contribution in [0.3, 0.4) is 0 Å². The van der Waals surface area contributed by atoms with Gasteiger partial charge in [0.2, 0.25) is 0 Å². The van der Waals surface area contributed by atoms with Crippen molar-refractivity contribution in [3.63, 3.8) is 0 Å². The average Bonchev–Trinajstić information content (AvgIpc) is 2.75. The quantitative estimate of drug-likeness (QED) is 0.659. The van der Waals surface area contributed by atoms with Gasteiger partial charge in [-0.1, -0.05) is 23.2 Å². The monoisotopic (exact) mass is 298 g/mol. The summed E-state index contributed by atoms with van der Waals surface area (Å²) in [6.07, 6.45) is 5.59. The predicted molar refractivity (Wildman–Crippen MR) is 78.1 cm³/mol. The van der Waals surface area contributed by atoms with Gasteiger partial charge >= 0.3 is 0 Å². The Hall–Kier alpha value is -1.07. The van der Waals surface area contributed by atoms with Gasteiger partial charge in [-0.3, -0.25) is 16.0 Å². The molecule has 1 unspecified atom stereocenters. The fraction of sp³-hybridized carbons (Fsp3) is 0.308. The van der Waals surface area contributed by atoms with Crippen LogP contribution >= 0.6 is 23.2 Å². The third kappa shape index (κ3) is 3.94. The van der Waals surface area contributed by atoms with Crippen LogP contribution in [0.25, 0.3) is 0 Å². The van der Waals surface area contributed by atoms with Crippen LogP contribution in [-0.4, -0.2) is 9.78 Å². The molecule has 0 spiro atoms. The highest BCUT2D eigenvalue weighted by Crippen LogP contribution is 2.25. The second-order valence-corrected chi connectivity index (χ2v) is 5.36. The van der Waals surface area contributed by atoms with Crippen LogP contribution in [0.1, 0.15) is 23.6 Å². The highest BCUT2D eigenvalue weighted by atomic mass is 35.5. The van der Waals surface area contributed by atoms with Gasteiger partial charge in [0, 0.05) is 29.3 Å². The molecule has 0 saturated heterocycles. The molecule has 0 amide bonds. The van der Waals surface area contributed by atoms with E-state index < -0.39 is 0 Å². The number of nitrogens with zero attached hydrogens (tertiary/aromatic N) is 2. The van der Waals surface area contributed by atoms with Crippen LogP contribution in [0.15, 0.2) is 30.6 Å². The minimum atomic E-state index is 0.0106. The Kier molecular flexibility index (Phi) is 4.82. The lowest BCUT2D eigenvalue weighted by molar-refractivity contribution is 0.516. The average molecular weight is 299 g/mol. The number of halogens is 2. The van der Waals surface area contributed by atoms with Gasteiger partial charge in [0.05, 0.1) is 6.20 Å². The Labute approximate surface area is 122 Å². The molecule has 0 aliphatic carbocycles. The molecule has 3 N–H and O–H groups in total. The molecule has 0 saturated carbocycles. The van der Waals surface area contributed by atoms with Gasteiger partial charge in [-0.2, -0.15) is 5.10 Å². The first-order valence-electron chi connectivity index (χ1n) is 5.98. The second kappa shape index (κ2) is 6.39. The van der Waals surface area contributed by atoms with Gasteiger partial charge in [0.15, 0.2) is 0 Å². The molecule has 102 valence electrons. The van der Waals surface area contributed by atoms with E-state index in [9.17, 15) is 0 Å². The number of aryl methyl sites for hydroxylation is 2. The van der Waals surface area contributed by atoms with Crippen molar-refractivity contribution in [2.45, 2.75) is 18.9 Å². The van der Waals surface area contributed by atoms with E-state index in [0.29, 0.717) is 10.0 Å². The summed E-state index contributed by atoms with van der Waals surface area (Å²) in [6.45, 7) is 0. The summed E-state index contributed by atoms with van der Waals surface area (Å²) in [5, 5.41) is 5.37. The molecule has 1 aromatic heterocycles. The smallest absolute Gasteiger partial charge is 0.0521 e. The maximum atomic E-state index is 6.01. The predicted octanol–water partition coefficient (Wildman–Crippen LogP) is 2.86. The summed E-state index contributed by atoms with van der Waals surface area (Å²) in [6, 6.07) is 5.47. The number of hydrazine groups is 1. The first kappa shape index (κ1) is 14.3. The molecule has 1 aromatic carbocycles. The minimum absolute atomic E-state index is 0.0106. The van der Waals surface area contributed by atoms with Gasteiger partial charge in [-0.15, -0.1) is 0 Å². The molecule has 0 radical (unpaired) electrons. The number of hydrogen-bond donors (Lipinski definition) is 2. The van der Waals surface area contributed by atoms with E-state index in [1.807, 2.05) is 31.6 Å². The number of nitrogens with one attached hydrogen (secondary N) is 1. The first-order valence-corrected chi connectivity index (χ1v) is 6.73. The molecule has 0 fully saturated rings. The SMILES string of the molecule is Cn1cc(CCC(NN)c2cc(Cl)cc(Cl)c2)cn1. The molecule has 4 nitrogen and oxygen atoms in total. The number of aromatic nitrogens is 2. The minimum Gasteiger partial charge on any atom is -0.276 e. The molecular formula is C13H16Cl2N4. The van der Waals surface area contributed by atoms with Gasteiger partial charge < -0.3 is 0 Å². The van der Waals surface area contributed by atoms with E-state index in [2.05, 4.69) is 10.5 Å². The van der Waals surface area contributed by atoms with Gasteiger partial charge in [-0.25, -0.2) is 0 Å². The van der Waals surface area contributed by atoms with Crippen molar-refractivity contribution in [3.8, 4) is 0 Å². The van der Waals surface area contributed by atoms with Crippen LogP contribution < -0.4 is 11.3 Å². The zero-order chi connectivity index (χ0) is 13.8. The maximum absolute atomic E-state index is 6.01. The molecule has 1 atom stereocenters. The van der Waals surface area contributed by atoms with Crippen LogP contribution in [0.2, 0.25) is 10.0 Å². The third-order valence-electron chi connectivity index (χ3n) is 2.97. The van der Waals surface area contributed by atoms with E-state index in [-0.39, 0.29) is 6.04 Å². The van der Waals surface area contributed by atoms with Crippen LogP contribution in [-0.2, 0) is 13.5 Å². The van der Waals surface area contributed by atoms with Crippen LogP contribution in [0.5, 0.6) is 0 Å². The van der Waals surface area contributed by atoms with Crippen molar-refractivity contribution in [2.24, 2.45) is 12.9 Å². The lowest BCUT2D eigenvalue weighted by atomic mass is 10.0. The largest absolute Gasteiger partial charge is 0.276 e. The Bertz CT molecular complexity index is 533. The molecule has 2 rings (SSSR count). The van der Waals surface area contributed by atoms with Gasteiger partial charge in [-0.05, 0) is 42.2 Å². The Balaban J connectivity index is 2.07. The molecule has 1 heterocycles. The highest BCUT2D eigenvalue weighted by Gasteiger charge is 2.12. The third-order valence-corrected chi connectivity index (χ3v) is 3.40. The highest BCUT2D eigenvalue weighted by molar-refractivity contribution is 6.34. The Morgan fingerprint density at radius 2 is 2.00 bits per heavy atom. The van der Waals surface area contributed by atoms with Gasteiger partial charge in [0.25, 0.3) is 0 Å². The Morgan fingerprint density at radius 3 is 2.53 bits per heavy atom. The maximum Gasteiger partial charge on any atom is 0.0521 e. The number of benzene rings is 1. The van der Waals surface area contributed by atoms with E-state index in [0.717, 1.165) is 18.4 Å². The molecule has 19 heavy (non-hydrogen) atoms. The van der Waals surface area contributed by atoms with Crippen molar-refractivity contribution in [1.29, 1.82) is 0 Å². The molecule has 2 aromatic rings. The summed E-state index contributed by atoms with van der Waals surface area (Å²) in [5.41, 5.74) is 4.97. The van der Waals surface area contributed by atoms with Gasteiger partial charge in [0.1, 0.15) is 0 Å². The molecule has 0 bridgehead atoms. The summed E-state index contributed by atoms with van der Waals surface area (Å²) in [5.74, 6) is 5.62. The van der Waals surface area contributed by atoms with E-state index in [1.165, 1.54) is 5.56 Å². The number of nitrogens with two attached hydrogens (primary N) is 1. The fourth-order valence-corrected chi connectivity index (χ4v) is 2.58. The fourth-order valence-electron chi connectivity index (χ4n) is 2.03. The van der Waals surface area contributed by atoms with Crippen molar-refractivity contribution >= 4 is 23.2 Å². The van der Waals surface area contributed by atoms with Crippen molar-refractivity contribution in [2.75, 3.05) is 0 Å². The summed E-state index contributed by atoms with van der Waals surface area (Å²) in [7, 11) is 1.90. The van der Waals surface area contributed by atoms with E-state index in [1.54, 1.807) is 10.7 Å². The molecule has 0 aliphatic rings. The van der Waals surface area contributed by atoms with E-state index >= 15 is 0 Å². The molecule has 6 heteroatoms. The summed E-state index contributed by atoms with van der Waals surface area (Å²) >= 11 is 12.0. The lowest BCUT2D eigenvalue weighted by Crippen LogP contribution is -2.28. The standard InChI is InChI=1S/C13H16Cl2N4/c1-19-8-9(7-17-19)2-3-13(18-16)10-4-11(14)6-12(15)5-10/h4-8,13,18H,2-3,16H2,1H3. The van der Waals surface area contributed by atoms with Crippen molar-refractivity contribution in [3.05, 3.63) is 51.8 Å². The van der Waals surface area contributed by atoms with E-state index in [4.69, 9.17) is 29.0 Å². The second-order valence-electron chi connectivity index (χ2n) is 4.48. The van der Waals surface area contributed by atoms with Crippen LogP contribution in [0, 0.1) is 0 Å². The lowest BCUT2D eigenvalue weighted by Gasteiger charge is -2.16. The summed E-state index contributed by atoms with van der Waals surface area (Å²) in [4.78, 5) is 0. The zero-order valence-corrected chi connectivity index (χ0v) is 12.1. The van der Waals surface area contributed by atoms with Crippen LogP contribution in [0.4, 0.5) is 0 Å². The molecule has 0 aliphatic heterocycles. The van der Waals surface area contributed by atoms with Crippen molar-refractivity contribution < 1.29 is 0 Å². The topological polar surface area (TPSA) is 55.9 Å². The van der Waals surface area contributed by atoms with Crippen molar-refractivity contribution in [1.82, 2.24) is 15.2 Å². The normalized spacial score (nSPS) is 12.6. The number of rotatable bonds is 5. The number of hydrogen-bond acceptors (Lipinski definition) is 3. The summed E-state index contributed by atoms with van der Waals surface area (Å²) < 4.78 is 1.79. The Morgan fingerprint density at radius 1 is 1.32 bits per heavy atom.